The van der Waals surface area contributed by atoms with E-state index in [2.05, 4.69) is 30.9 Å². The first-order valence-corrected chi connectivity index (χ1v) is 9.62. The van der Waals surface area contributed by atoms with Crippen LogP contribution in [0.5, 0.6) is 0 Å². The molecular weight excluding hydrogens is 350 g/mol. The molecule has 142 valence electrons. The minimum atomic E-state index is -0.181. The first kappa shape index (κ1) is 20.0. The zero-order valence-electron chi connectivity index (χ0n) is 15.8. The first-order valence-electron chi connectivity index (χ1n) is 8.74. The number of aryl methyl sites for hydroxylation is 2. The molecule has 26 heavy (non-hydrogen) atoms. The van der Waals surface area contributed by atoms with Crippen LogP contribution in [-0.4, -0.2) is 48.4 Å². The van der Waals surface area contributed by atoms with Crippen molar-refractivity contribution in [2.24, 2.45) is 4.99 Å². The van der Waals surface area contributed by atoms with E-state index in [1.807, 2.05) is 27.8 Å². The smallest absolute Gasteiger partial charge is 0.287 e. The van der Waals surface area contributed by atoms with Crippen molar-refractivity contribution in [3.63, 3.8) is 0 Å². The highest BCUT2D eigenvalue weighted by Gasteiger charge is 2.11. The van der Waals surface area contributed by atoms with Crippen LogP contribution in [0.3, 0.4) is 0 Å². The SMILES string of the molecule is CCNC(=NCCCNC(=O)c1occc1C)N(C)Cc1csc(C)n1. The number of hydrogen-bond donors (Lipinski definition) is 2. The molecule has 8 heteroatoms. The molecule has 0 fully saturated rings. The third kappa shape index (κ3) is 5.87. The van der Waals surface area contributed by atoms with Gasteiger partial charge in [-0.15, -0.1) is 11.3 Å². The Hall–Kier alpha value is -2.35. The van der Waals surface area contributed by atoms with Crippen LogP contribution in [0.2, 0.25) is 0 Å². The fourth-order valence-corrected chi connectivity index (χ4v) is 3.02. The van der Waals surface area contributed by atoms with Gasteiger partial charge in [-0.2, -0.15) is 0 Å². The van der Waals surface area contributed by atoms with Crippen LogP contribution in [-0.2, 0) is 6.54 Å². The molecule has 0 aromatic carbocycles. The number of furan rings is 1. The summed E-state index contributed by atoms with van der Waals surface area (Å²) < 4.78 is 5.18. The van der Waals surface area contributed by atoms with Crippen molar-refractivity contribution in [3.8, 4) is 0 Å². The summed E-state index contributed by atoms with van der Waals surface area (Å²) >= 11 is 1.65. The predicted molar refractivity (Wildman–Crippen MR) is 105 cm³/mol. The Balaban J connectivity index is 1.79. The van der Waals surface area contributed by atoms with Crippen molar-refractivity contribution < 1.29 is 9.21 Å². The summed E-state index contributed by atoms with van der Waals surface area (Å²) in [5, 5.41) is 9.29. The van der Waals surface area contributed by atoms with E-state index in [1.54, 1.807) is 17.4 Å². The lowest BCUT2D eigenvalue weighted by Gasteiger charge is -2.21. The maximum Gasteiger partial charge on any atom is 0.287 e. The topological polar surface area (TPSA) is 82.8 Å². The number of hydrogen-bond acceptors (Lipinski definition) is 5. The van der Waals surface area contributed by atoms with Crippen LogP contribution >= 0.6 is 11.3 Å². The summed E-state index contributed by atoms with van der Waals surface area (Å²) in [4.78, 5) is 23.1. The largest absolute Gasteiger partial charge is 0.459 e. The number of rotatable bonds is 8. The van der Waals surface area contributed by atoms with Gasteiger partial charge in [0, 0.05) is 37.6 Å². The first-order chi connectivity index (χ1) is 12.5. The lowest BCUT2D eigenvalue weighted by atomic mass is 10.2. The average Bonchev–Trinajstić information content (AvgIpc) is 3.21. The van der Waals surface area contributed by atoms with E-state index in [0.717, 1.165) is 35.2 Å². The van der Waals surface area contributed by atoms with Gasteiger partial charge in [0.05, 0.1) is 23.5 Å². The zero-order valence-corrected chi connectivity index (χ0v) is 16.7. The molecule has 1 amide bonds. The van der Waals surface area contributed by atoms with Crippen LogP contribution in [0.1, 0.15) is 40.2 Å². The summed E-state index contributed by atoms with van der Waals surface area (Å²) in [5.41, 5.74) is 1.88. The molecular formula is C18H27N5O2S. The minimum Gasteiger partial charge on any atom is -0.459 e. The van der Waals surface area contributed by atoms with Gasteiger partial charge >= 0.3 is 0 Å². The second-order valence-corrected chi connectivity index (χ2v) is 7.05. The molecule has 0 radical (unpaired) electrons. The van der Waals surface area contributed by atoms with Gasteiger partial charge in [-0.1, -0.05) is 0 Å². The van der Waals surface area contributed by atoms with Gasteiger partial charge in [0.25, 0.3) is 5.91 Å². The number of aromatic nitrogens is 1. The summed E-state index contributed by atoms with van der Waals surface area (Å²) in [7, 11) is 2.00. The fourth-order valence-electron chi connectivity index (χ4n) is 2.42. The number of guanidine groups is 1. The number of carbonyl (C=O) groups is 1. The van der Waals surface area contributed by atoms with E-state index in [9.17, 15) is 4.79 Å². The Bertz CT molecular complexity index is 738. The van der Waals surface area contributed by atoms with Gasteiger partial charge in [0.15, 0.2) is 11.7 Å². The molecule has 0 spiro atoms. The molecule has 2 aromatic rings. The van der Waals surface area contributed by atoms with E-state index in [1.165, 1.54) is 6.26 Å². The number of amides is 1. The molecule has 0 atom stereocenters. The van der Waals surface area contributed by atoms with E-state index >= 15 is 0 Å². The van der Waals surface area contributed by atoms with Gasteiger partial charge in [0.2, 0.25) is 0 Å². The quantitative estimate of drug-likeness (QED) is 0.420. The lowest BCUT2D eigenvalue weighted by molar-refractivity contribution is 0.0925. The van der Waals surface area contributed by atoms with Crippen molar-refractivity contribution in [1.82, 2.24) is 20.5 Å². The maximum atomic E-state index is 12.0. The van der Waals surface area contributed by atoms with E-state index < -0.39 is 0 Å². The lowest BCUT2D eigenvalue weighted by Crippen LogP contribution is -2.38. The molecule has 2 rings (SSSR count). The molecule has 2 heterocycles. The molecule has 7 nitrogen and oxygen atoms in total. The average molecular weight is 378 g/mol. The van der Waals surface area contributed by atoms with Gasteiger partial charge in [0.1, 0.15) is 0 Å². The van der Waals surface area contributed by atoms with E-state index in [0.29, 0.717) is 25.4 Å². The van der Waals surface area contributed by atoms with Gasteiger partial charge in [-0.25, -0.2) is 4.98 Å². The summed E-state index contributed by atoms with van der Waals surface area (Å²) in [6, 6.07) is 1.78. The number of thiazole rings is 1. The van der Waals surface area contributed by atoms with Crippen LogP contribution < -0.4 is 10.6 Å². The normalized spacial score (nSPS) is 11.5. The highest BCUT2D eigenvalue weighted by atomic mass is 32.1. The Morgan fingerprint density at radius 3 is 2.81 bits per heavy atom. The van der Waals surface area contributed by atoms with Crippen LogP contribution in [0.4, 0.5) is 0 Å². The molecule has 0 saturated heterocycles. The molecule has 0 bridgehead atoms. The zero-order chi connectivity index (χ0) is 18.9. The number of nitrogens with zero attached hydrogens (tertiary/aromatic N) is 3. The van der Waals surface area contributed by atoms with Crippen molar-refractivity contribution in [2.45, 2.75) is 33.7 Å². The Morgan fingerprint density at radius 2 is 2.19 bits per heavy atom. The van der Waals surface area contributed by atoms with Crippen molar-refractivity contribution in [2.75, 3.05) is 26.7 Å². The standard InChI is InChI=1S/C18H27N5O2S/c1-5-19-18(23(4)11-15-12-26-14(3)22-15)21-9-6-8-20-17(24)16-13(2)7-10-25-16/h7,10,12H,5-6,8-9,11H2,1-4H3,(H,19,21)(H,20,24). The fraction of sp³-hybridized carbons (Fsp3) is 0.500. The van der Waals surface area contributed by atoms with Gasteiger partial charge in [-0.05, 0) is 33.3 Å². The van der Waals surface area contributed by atoms with Gasteiger partial charge in [-0.3, -0.25) is 9.79 Å². The molecule has 0 saturated carbocycles. The van der Waals surface area contributed by atoms with Crippen molar-refractivity contribution in [3.05, 3.63) is 39.7 Å². The number of nitrogens with one attached hydrogen (secondary N) is 2. The summed E-state index contributed by atoms with van der Waals surface area (Å²) in [5.74, 6) is 1.03. The third-order valence-electron chi connectivity index (χ3n) is 3.71. The van der Waals surface area contributed by atoms with Crippen molar-refractivity contribution in [1.29, 1.82) is 0 Å². The van der Waals surface area contributed by atoms with Crippen LogP contribution in [0, 0.1) is 13.8 Å². The van der Waals surface area contributed by atoms with Crippen LogP contribution in [0.15, 0.2) is 27.1 Å². The maximum absolute atomic E-state index is 12.0. The monoisotopic (exact) mass is 377 g/mol. The van der Waals surface area contributed by atoms with E-state index in [4.69, 9.17) is 4.42 Å². The highest BCUT2D eigenvalue weighted by molar-refractivity contribution is 7.09. The Kier molecular flexibility index (Phi) is 7.65. The minimum absolute atomic E-state index is 0.181. The third-order valence-corrected chi connectivity index (χ3v) is 4.53. The second-order valence-electron chi connectivity index (χ2n) is 5.99. The molecule has 2 N–H and O–H groups in total. The molecule has 0 aliphatic carbocycles. The number of carbonyl (C=O) groups excluding carboxylic acids is 1. The van der Waals surface area contributed by atoms with Gasteiger partial charge < -0.3 is 20.0 Å². The number of aliphatic imine (C=N–C) groups is 1. The Morgan fingerprint density at radius 1 is 1.38 bits per heavy atom. The molecule has 0 aliphatic heterocycles. The molecule has 0 unspecified atom stereocenters. The van der Waals surface area contributed by atoms with E-state index in [-0.39, 0.29) is 5.91 Å². The molecule has 2 aromatic heterocycles. The Labute approximate surface area is 158 Å². The predicted octanol–water partition coefficient (Wildman–Crippen LogP) is 2.57. The summed E-state index contributed by atoms with van der Waals surface area (Å²) in [6.45, 7) is 8.59. The summed E-state index contributed by atoms with van der Waals surface area (Å²) in [6.07, 6.45) is 2.28. The highest BCUT2D eigenvalue weighted by Crippen LogP contribution is 2.10. The second kappa shape index (κ2) is 9.96. The van der Waals surface area contributed by atoms with Crippen molar-refractivity contribution >= 4 is 23.2 Å². The molecule has 0 aliphatic rings. The van der Waals surface area contributed by atoms with Crippen LogP contribution in [0.25, 0.3) is 0 Å².